The van der Waals surface area contributed by atoms with Crippen molar-refractivity contribution in [1.82, 2.24) is 4.98 Å². The van der Waals surface area contributed by atoms with E-state index in [1.54, 1.807) is 26.4 Å². The van der Waals surface area contributed by atoms with E-state index in [1.165, 1.54) is 11.3 Å². The first-order valence-corrected chi connectivity index (χ1v) is 8.57. The monoisotopic (exact) mass is 354 g/mol. The van der Waals surface area contributed by atoms with Crippen LogP contribution in [0.2, 0.25) is 0 Å². The zero-order valence-corrected chi connectivity index (χ0v) is 14.8. The average Bonchev–Trinajstić information content (AvgIpc) is 3.11. The number of amides is 1. The van der Waals surface area contributed by atoms with Gasteiger partial charge in [-0.2, -0.15) is 0 Å². The lowest BCUT2D eigenvalue weighted by molar-refractivity contribution is 0.102. The van der Waals surface area contributed by atoms with E-state index < -0.39 is 0 Å². The summed E-state index contributed by atoms with van der Waals surface area (Å²) in [5.74, 6) is 0.615. The number of methoxy groups -OCH3 is 2. The maximum atomic E-state index is 12.3. The molecule has 0 radical (unpaired) electrons. The molecular weight excluding hydrogens is 336 g/mol. The van der Waals surface area contributed by atoms with Crippen molar-refractivity contribution in [3.8, 4) is 17.0 Å². The molecule has 0 spiro atoms. The summed E-state index contributed by atoms with van der Waals surface area (Å²) in [5.41, 5.74) is 3.40. The molecule has 3 aromatic rings. The fraction of sp³-hybridized carbons (Fsp3) is 0.158. The van der Waals surface area contributed by atoms with Gasteiger partial charge in [0.2, 0.25) is 0 Å². The largest absolute Gasteiger partial charge is 0.497 e. The summed E-state index contributed by atoms with van der Waals surface area (Å²) >= 11 is 1.39. The molecule has 0 saturated heterocycles. The van der Waals surface area contributed by atoms with Crippen molar-refractivity contribution in [2.24, 2.45) is 0 Å². The van der Waals surface area contributed by atoms with Crippen LogP contribution in [0.5, 0.6) is 5.75 Å². The molecule has 1 N–H and O–H groups in total. The minimum Gasteiger partial charge on any atom is -0.497 e. The summed E-state index contributed by atoms with van der Waals surface area (Å²) in [5, 5.41) is 5.32. The lowest BCUT2D eigenvalue weighted by Crippen LogP contribution is -2.11. The Morgan fingerprint density at radius 3 is 2.44 bits per heavy atom. The van der Waals surface area contributed by atoms with E-state index in [9.17, 15) is 4.79 Å². The number of hydrogen-bond acceptors (Lipinski definition) is 5. The molecule has 0 fully saturated rings. The predicted octanol–water partition coefficient (Wildman–Crippen LogP) is 4.22. The molecule has 128 valence electrons. The van der Waals surface area contributed by atoms with Crippen LogP contribution in [0.3, 0.4) is 0 Å². The van der Waals surface area contributed by atoms with Gasteiger partial charge in [0.15, 0.2) is 5.13 Å². The number of nitrogens with one attached hydrogen (secondary N) is 1. The van der Waals surface area contributed by atoms with E-state index in [0.29, 0.717) is 17.3 Å². The molecule has 0 aliphatic heterocycles. The van der Waals surface area contributed by atoms with Gasteiger partial charge in [-0.1, -0.05) is 12.1 Å². The zero-order valence-electron chi connectivity index (χ0n) is 14.0. The number of aromatic nitrogens is 1. The summed E-state index contributed by atoms with van der Waals surface area (Å²) in [6.45, 7) is 0.527. The summed E-state index contributed by atoms with van der Waals surface area (Å²) in [7, 11) is 3.27. The maximum Gasteiger partial charge on any atom is 0.257 e. The molecule has 0 atom stereocenters. The van der Waals surface area contributed by atoms with Crippen molar-refractivity contribution >= 4 is 22.4 Å². The molecule has 0 saturated carbocycles. The maximum absolute atomic E-state index is 12.3. The molecule has 1 aromatic heterocycles. The molecule has 0 aliphatic carbocycles. The van der Waals surface area contributed by atoms with Crippen molar-refractivity contribution < 1.29 is 14.3 Å². The summed E-state index contributed by atoms with van der Waals surface area (Å²) in [6, 6.07) is 15.0. The molecule has 1 heterocycles. The predicted molar refractivity (Wildman–Crippen MR) is 99.2 cm³/mol. The number of ether oxygens (including phenoxy) is 2. The third kappa shape index (κ3) is 4.23. The van der Waals surface area contributed by atoms with Crippen molar-refractivity contribution in [2.75, 3.05) is 19.5 Å². The van der Waals surface area contributed by atoms with Gasteiger partial charge in [0.05, 0.1) is 19.4 Å². The van der Waals surface area contributed by atoms with Gasteiger partial charge in [-0.15, -0.1) is 11.3 Å². The van der Waals surface area contributed by atoms with Gasteiger partial charge in [0.1, 0.15) is 5.75 Å². The smallest absolute Gasteiger partial charge is 0.257 e. The molecule has 0 unspecified atom stereocenters. The number of thiazole rings is 1. The van der Waals surface area contributed by atoms with Gasteiger partial charge in [0.25, 0.3) is 5.91 Å². The first-order chi connectivity index (χ1) is 12.2. The van der Waals surface area contributed by atoms with E-state index in [4.69, 9.17) is 9.47 Å². The first-order valence-electron chi connectivity index (χ1n) is 7.69. The molecule has 3 rings (SSSR count). The van der Waals surface area contributed by atoms with E-state index in [0.717, 1.165) is 22.6 Å². The summed E-state index contributed by atoms with van der Waals surface area (Å²) < 4.78 is 10.2. The van der Waals surface area contributed by atoms with Crippen LogP contribution in [0.4, 0.5) is 5.13 Å². The number of carbonyl (C=O) groups is 1. The highest BCUT2D eigenvalue weighted by molar-refractivity contribution is 7.14. The molecule has 6 heteroatoms. The third-order valence-corrected chi connectivity index (χ3v) is 4.40. The van der Waals surface area contributed by atoms with Crippen LogP contribution in [0.25, 0.3) is 11.3 Å². The molecule has 0 bridgehead atoms. The Hall–Kier alpha value is -2.70. The summed E-state index contributed by atoms with van der Waals surface area (Å²) in [6.07, 6.45) is 0. The standard InChI is InChI=1S/C19H18N2O3S/c1-23-11-13-3-5-15(6-4-13)18(22)21-19-20-17(12-25-19)14-7-9-16(24-2)10-8-14/h3-10,12H,11H2,1-2H3,(H,20,21,22). The van der Waals surface area contributed by atoms with Gasteiger partial charge < -0.3 is 9.47 Å². The molecular formula is C19H18N2O3S. The minimum atomic E-state index is -0.181. The van der Waals surface area contributed by atoms with Crippen LogP contribution in [0.15, 0.2) is 53.9 Å². The van der Waals surface area contributed by atoms with Crippen molar-refractivity contribution in [3.63, 3.8) is 0 Å². The number of anilines is 1. The lowest BCUT2D eigenvalue weighted by Gasteiger charge is -2.04. The van der Waals surface area contributed by atoms with E-state index in [-0.39, 0.29) is 5.91 Å². The quantitative estimate of drug-likeness (QED) is 0.720. The highest BCUT2D eigenvalue weighted by Crippen LogP contribution is 2.26. The Morgan fingerprint density at radius 1 is 1.08 bits per heavy atom. The van der Waals surface area contributed by atoms with Crippen LogP contribution < -0.4 is 10.1 Å². The molecule has 0 aliphatic rings. The highest BCUT2D eigenvalue weighted by atomic mass is 32.1. The van der Waals surface area contributed by atoms with Gasteiger partial charge in [0, 0.05) is 23.6 Å². The van der Waals surface area contributed by atoms with Crippen LogP contribution >= 0.6 is 11.3 Å². The lowest BCUT2D eigenvalue weighted by atomic mass is 10.1. The van der Waals surface area contributed by atoms with Gasteiger partial charge in [-0.25, -0.2) is 4.98 Å². The Labute approximate surface area is 150 Å². The fourth-order valence-electron chi connectivity index (χ4n) is 2.31. The topological polar surface area (TPSA) is 60.5 Å². The Balaban J connectivity index is 1.68. The SMILES string of the molecule is COCc1ccc(C(=O)Nc2nc(-c3ccc(OC)cc3)cs2)cc1. The second kappa shape index (κ2) is 7.92. The highest BCUT2D eigenvalue weighted by Gasteiger charge is 2.10. The van der Waals surface area contributed by atoms with E-state index in [2.05, 4.69) is 10.3 Å². The minimum absolute atomic E-state index is 0.181. The van der Waals surface area contributed by atoms with Crippen LogP contribution in [-0.2, 0) is 11.3 Å². The number of rotatable bonds is 6. The van der Waals surface area contributed by atoms with E-state index >= 15 is 0 Å². The first kappa shape index (κ1) is 17.1. The third-order valence-electron chi connectivity index (χ3n) is 3.64. The van der Waals surface area contributed by atoms with Gasteiger partial charge >= 0.3 is 0 Å². The molecule has 5 nitrogen and oxygen atoms in total. The Bertz CT molecular complexity index is 842. The van der Waals surface area contributed by atoms with Crippen molar-refractivity contribution in [1.29, 1.82) is 0 Å². The fourth-order valence-corrected chi connectivity index (χ4v) is 3.03. The van der Waals surface area contributed by atoms with Gasteiger partial charge in [-0.05, 0) is 42.0 Å². The number of hydrogen-bond donors (Lipinski definition) is 1. The number of benzene rings is 2. The normalized spacial score (nSPS) is 10.5. The Kier molecular flexibility index (Phi) is 5.42. The number of nitrogens with zero attached hydrogens (tertiary/aromatic N) is 1. The second-order valence-corrected chi connectivity index (χ2v) is 6.21. The molecule has 1 amide bonds. The molecule has 25 heavy (non-hydrogen) atoms. The average molecular weight is 354 g/mol. The summed E-state index contributed by atoms with van der Waals surface area (Å²) in [4.78, 5) is 16.8. The zero-order chi connectivity index (χ0) is 17.6. The van der Waals surface area contributed by atoms with E-state index in [1.807, 2.05) is 41.8 Å². The second-order valence-electron chi connectivity index (χ2n) is 5.35. The van der Waals surface area contributed by atoms with Crippen molar-refractivity contribution in [2.45, 2.75) is 6.61 Å². The van der Waals surface area contributed by atoms with Crippen LogP contribution in [0, 0.1) is 0 Å². The Morgan fingerprint density at radius 2 is 1.80 bits per heavy atom. The van der Waals surface area contributed by atoms with Crippen LogP contribution in [0.1, 0.15) is 15.9 Å². The van der Waals surface area contributed by atoms with Crippen molar-refractivity contribution in [3.05, 3.63) is 65.0 Å². The molecule has 2 aromatic carbocycles. The number of carbonyl (C=O) groups excluding carboxylic acids is 1. The van der Waals surface area contributed by atoms with Gasteiger partial charge in [-0.3, -0.25) is 10.1 Å². The van der Waals surface area contributed by atoms with Crippen LogP contribution in [-0.4, -0.2) is 25.1 Å².